The first-order valence-electron chi connectivity index (χ1n) is 7.69. The van der Waals surface area contributed by atoms with Gasteiger partial charge in [0.15, 0.2) is 5.75 Å². The number of amides is 1. The first-order chi connectivity index (χ1) is 12.0. The van der Waals surface area contributed by atoms with Crippen LogP contribution in [-0.4, -0.2) is 18.0 Å². The molecule has 1 N–H and O–H groups in total. The first kappa shape index (κ1) is 19.0. The monoisotopic (exact) mass is 402 g/mol. The minimum atomic E-state index is -0.162. The molecule has 0 aliphatic rings. The van der Waals surface area contributed by atoms with Crippen molar-refractivity contribution in [3.05, 3.63) is 52.3 Å². The number of methoxy groups -OCH3 is 1. The summed E-state index contributed by atoms with van der Waals surface area (Å²) < 4.78 is 11.6. The van der Waals surface area contributed by atoms with Crippen LogP contribution in [0.4, 0.5) is 5.69 Å². The van der Waals surface area contributed by atoms with Crippen molar-refractivity contribution in [2.24, 2.45) is 0 Å². The van der Waals surface area contributed by atoms with Gasteiger partial charge in [-0.05, 0) is 46.6 Å². The summed E-state index contributed by atoms with van der Waals surface area (Å²) in [7, 11) is 1.65. The minimum Gasteiger partial charge on any atom is -0.405 e. The molecule has 1 aromatic heterocycles. The van der Waals surface area contributed by atoms with Crippen LogP contribution in [0, 0.1) is 12.0 Å². The molecule has 0 bridgehead atoms. The Labute approximate surface area is 155 Å². The van der Waals surface area contributed by atoms with Crippen molar-refractivity contribution in [1.82, 2.24) is 4.98 Å². The molecule has 1 aromatic carbocycles. The molecule has 0 saturated carbocycles. The summed E-state index contributed by atoms with van der Waals surface area (Å²) in [6.45, 7) is 3.38. The Bertz CT molecular complexity index is 812. The molecule has 0 saturated heterocycles. The van der Waals surface area contributed by atoms with E-state index >= 15 is 0 Å². The number of nitrogens with zero attached hydrogens (tertiary/aromatic N) is 1. The highest BCUT2D eigenvalue weighted by Gasteiger charge is 2.10. The zero-order valence-electron chi connectivity index (χ0n) is 14.3. The number of anilines is 1. The average molecular weight is 403 g/mol. The van der Waals surface area contributed by atoms with E-state index in [-0.39, 0.29) is 12.0 Å². The molecule has 5 nitrogen and oxygen atoms in total. The largest absolute Gasteiger partial charge is 0.405 e. The zero-order valence-corrected chi connectivity index (χ0v) is 15.9. The number of aromatic nitrogens is 1. The van der Waals surface area contributed by atoms with Gasteiger partial charge in [0.2, 0.25) is 5.91 Å². The lowest BCUT2D eigenvalue weighted by molar-refractivity contribution is -0.114. The molecule has 1 atom stereocenters. The molecule has 2 aromatic rings. The van der Waals surface area contributed by atoms with Gasteiger partial charge in [-0.2, -0.15) is 0 Å². The van der Waals surface area contributed by atoms with E-state index in [1.54, 1.807) is 25.4 Å². The van der Waals surface area contributed by atoms with E-state index in [1.807, 2.05) is 25.1 Å². The number of carbonyl (C=O) groups excluding carboxylic acids is 1. The van der Waals surface area contributed by atoms with Crippen LogP contribution < -0.4 is 10.1 Å². The Kier molecular flexibility index (Phi) is 6.99. The van der Waals surface area contributed by atoms with Crippen molar-refractivity contribution in [3.63, 3.8) is 0 Å². The number of para-hydroxylation sites is 2. The SMILES string of the molecule is CO[C@@H](C)c1ncc(CC#COc2ccccc2NC(C)=O)cc1Br. The normalized spacial score (nSPS) is 11.2. The van der Waals surface area contributed by atoms with E-state index in [1.165, 1.54) is 6.92 Å². The quantitative estimate of drug-likeness (QED) is 0.764. The Morgan fingerprint density at radius 2 is 2.16 bits per heavy atom. The molecule has 1 heterocycles. The van der Waals surface area contributed by atoms with Gasteiger partial charge in [0.25, 0.3) is 0 Å². The maximum Gasteiger partial charge on any atom is 0.221 e. The number of hydrogen-bond donors (Lipinski definition) is 1. The maximum absolute atomic E-state index is 11.2. The van der Waals surface area contributed by atoms with Gasteiger partial charge in [0.1, 0.15) is 6.11 Å². The Morgan fingerprint density at radius 3 is 2.84 bits per heavy atom. The second-order valence-corrected chi connectivity index (χ2v) is 6.18. The number of ether oxygens (including phenoxy) is 2. The van der Waals surface area contributed by atoms with Crippen LogP contribution >= 0.6 is 15.9 Å². The van der Waals surface area contributed by atoms with Gasteiger partial charge in [0.05, 0.1) is 17.5 Å². The van der Waals surface area contributed by atoms with Crippen LogP contribution in [0.1, 0.15) is 31.2 Å². The van der Waals surface area contributed by atoms with Crippen LogP contribution in [-0.2, 0) is 16.0 Å². The molecule has 0 aliphatic heterocycles. The van der Waals surface area contributed by atoms with E-state index in [9.17, 15) is 4.79 Å². The fraction of sp³-hybridized carbons (Fsp3) is 0.263. The molecule has 2 rings (SSSR count). The van der Waals surface area contributed by atoms with Gasteiger partial charge in [0, 0.05) is 31.1 Å². The van der Waals surface area contributed by atoms with Crippen LogP contribution in [0.25, 0.3) is 0 Å². The first-order valence-corrected chi connectivity index (χ1v) is 8.49. The fourth-order valence-electron chi connectivity index (χ4n) is 2.07. The molecule has 0 aliphatic carbocycles. The molecule has 0 spiro atoms. The Balaban J connectivity index is 2.02. The van der Waals surface area contributed by atoms with Gasteiger partial charge in [-0.3, -0.25) is 9.78 Å². The fourth-order valence-corrected chi connectivity index (χ4v) is 2.79. The highest BCUT2D eigenvalue weighted by Crippen LogP contribution is 2.24. The third-order valence-electron chi connectivity index (χ3n) is 3.39. The number of rotatable bonds is 5. The zero-order chi connectivity index (χ0) is 18.2. The number of hydrogen-bond acceptors (Lipinski definition) is 4. The third kappa shape index (κ3) is 5.59. The summed E-state index contributed by atoms with van der Waals surface area (Å²) in [6.07, 6.45) is 4.85. The van der Waals surface area contributed by atoms with Crippen molar-refractivity contribution in [2.45, 2.75) is 26.4 Å². The number of pyridine rings is 1. The molecule has 130 valence electrons. The highest BCUT2D eigenvalue weighted by atomic mass is 79.9. The van der Waals surface area contributed by atoms with Crippen molar-refractivity contribution in [1.29, 1.82) is 0 Å². The lowest BCUT2D eigenvalue weighted by atomic mass is 10.2. The molecular weight excluding hydrogens is 384 g/mol. The topological polar surface area (TPSA) is 60.5 Å². The standard InChI is InChI=1S/C19H19BrN2O3/c1-13(24-3)19-16(20)11-15(12-21-19)7-6-10-25-18-9-5-4-8-17(18)22-14(2)23/h4-5,8-9,11-13H,7H2,1-3H3,(H,22,23)/t13-/m0/s1. The predicted octanol–water partition coefficient (Wildman–Crippen LogP) is 4.09. The van der Waals surface area contributed by atoms with Crippen molar-refractivity contribution >= 4 is 27.5 Å². The van der Waals surface area contributed by atoms with E-state index < -0.39 is 0 Å². The Morgan fingerprint density at radius 1 is 1.40 bits per heavy atom. The second kappa shape index (κ2) is 9.21. The van der Waals surface area contributed by atoms with Crippen molar-refractivity contribution in [3.8, 4) is 17.8 Å². The predicted molar refractivity (Wildman–Crippen MR) is 100 cm³/mol. The van der Waals surface area contributed by atoms with Gasteiger partial charge >= 0.3 is 0 Å². The van der Waals surface area contributed by atoms with Gasteiger partial charge in [-0.15, -0.1) is 0 Å². The van der Waals surface area contributed by atoms with Crippen LogP contribution in [0.5, 0.6) is 5.75 Å². The summed E-state index contributed by atoms with van der Waals surface area (Å²) in [5, 5.41) is 2.70. The number of halogens is 1. The minimum absolute atomic E-state index is 0.0804. The molecule has 0 radical (unpaired) electrons. The van der Waals surface area contributed by atoms with E-state index in [2.05, 4.69) is 38.3 Å². The van der Waals surface area contributed by atoms with E-state index in [0.29, 0.717) is 17.9 Å². The van der Waals surface area contributed by atoms with E-state index in [4.69, 9.17) is 9.47 Å². The smallest absolute Gasteiger partial charge is 0.221 e. The summed E-state index contributed by atoms with van der Waals surface area (Å²) in [6, 6.07) is 9.11. The summed E-state index contributed by atoms with van der Waals surface area (Å²) in [5.41, 5.74) is 2.40. The summed E-state index contributed by atoms with van der Waals surface area (Å²) >= 11 is 3.50. The molecule has 1 amide bonds. The van der Waals surface area contributed by atoms with Gasteiger partial charge in [-0.1, -0.05) is 18.1 Å². The van der Waals surface area contributed by atoms with Crippen LogP contribution in [0.2, 0.25) is 0 Å². The van der Waals surface area contributed by atoms with Crippen LogP contribution in [0.3, 0.4) is 0 Å². The van der Waals surface area contributed by atoms with Crippen molar-refractivity contribution < 1.29 is 14.3 Å². The Hall–Kier alpha value is -2.36. The average Bonchev–Trinajstić information content (AvgIpc) is 2.59. The van der Waals surface area contributed by atoms with Gasteiger partial charge in [-0.25, -0.2) is 0 Å². The van der Waals surface area contributed by atoms with Gasteiger partial charge < -0.3 is 14.8 Å². The maximum atomic E-state index is 11.2. The second-order valence-electron chi connectivity index (χ2n) is 5.32. The summed E-state index contributed by atoms with van der Waals surface area (Å²) in [4.78, 5) is 15.6. The molecule has 0 unspecified atom stereocenters. The lowest BCUT2D eigenvalue weighted by Crippen LogP contribution is -2.06. The van der Waals surface area contributed by atoms with Crippen LogP contribution in [0.15, 0.2) is 41.0 Å². The highest BCUT2D eigenvalue weighted by molar-refractivity contribution is 9.10. The van der Waals surface area contributed by atoms with Crippen molar-refractivity contribution in [2.75, 3.05) is 12.4 Å². The molecule has 0 fully saturated rings. The number of benzene rings is 1. The number of nitrogens with one attached hydrogen (secondary N) is 1. The van der Waals surface area contributed by atoms with E-state index in [0.717, 1.165) is 15.7 Å². The number of carbonyl (C=O) groups is 1. The molecule has 6 heteroatoms. The summed E-state index contributed by atoms with van der Waals surface area (Å²) in [5.74, 6) is 3.29. The lowest BCUT2D eigenvalue weighted by Gasteiger charge is -2.11. The third-order valence-corrected chi connectivity index (χ3v) is 4.02. The molecule has 25 heavy (non-hydrogen) atoms. The molecular formula is C19H19BrN2O3.